The van der Waals surface area contributed by atoms with Crippen molar-refractivity contribution >= 4 is 0 Å². The van der Waals surface area contributed by atoms with Crippen LogP contribution in [0.2, 0.25) is 0 Å². The van der Waals surface area contributed by atoms with Crippen LogP contribution in [0, 0.1) is 12.8 Å². The lowest BCUT2D eigenvalue weighted by molar-refractivity contribution is -0.0196. The van der Waals surface area contributed by atoms with Crippen LogP contribution >= 0.6 is 0 Å². The van der Waals surface area contributed by atoms with Crippen LogP contribution in [0.3, 0.4) is 0 Å². The lowest BCUT2D eigenvalue weighted by Crippen LogP contribution is -2.41. The van der Waals surface area contributed by atoms with Gasteiger partial charge in [-0.3, -0.25) is 4.98 Å². The molecule has 98 valence electrons. The van der Waals surface area contributed by atoms with Crippen LogP contribution in [0.5, 0.6) is 0 Å². The van der Waals surface area contributed by atoms with Crippen molar-refractivity contribution in [3.05, 3.63) is 29.6 Å². The molecule has 1 unspecified atom stereocenters. The fourth-order valence-corrected chi connectivity index (χ4v) is 3.22. The minimum Gasteiger partial charge on any atom is -0.375 e. The summed E-state index contributed by atoms with van der Waals surface area (Å²) in [4.78, 5) is 4.51. The average molecular weight is 246 g/mol. The highest BCUT2D eigenvalue weighted by Gasteiger charge is 2.40. The molecule has 0 aliphatic carbocycles. The zero-order valence-electron chi connectivity index (χ0n) is 11.1. The van der Waals surface area contributed by atoms with E-state index in [0.717, 1.165) is 26.1 Å². The van der Waals surface area contributed by atoms with Gasteiger partial charge in [0.25, 0.3) is 0 Å². The molecule has 3 nitrogen and oxygen atoms in total. The van der Waals surface area contributed by atoms with Crippen molar-refractivity contribution in [3.63, 3.8) is 0 Å². The number of nitrogens with one attached hydrogen (secondary N) is 1. The third kappa shape index (κ3) is 2.57. The summed E-state index contributed by atoms with van der Waals surface area (Å²) in [5.41, 5.74) is 2.62. The number of hydrogen-bond donors (Lipinski definition) is 1. The van der Waals surface area contributed by atoms with E-state index in [1.54, 1.807) is 0 Å². The van der Waals surface area contributed by atoms with Crippen LogP contribution < -0.4 is 5.32 Å². The summed E-state index contributed by atoms with van der Waals surface area (Å²) < 4.78 is 6.12. The summed E-state index contributed by atoms with van der Waals surface area (Å²) in [6.45, 7) is 5.21. The fourth-order valence-electron chi connectivity index (χ4n) is 3.22. The summed E-state index contributed by atoms with van der Waals surface area (Å²) in [6, 6.07) is 4.31. The van der Waals surface area contributed by atoms with Crippen LogP contribution in [-0.4, -0.2) is 30.3 Å². The molecule has 0 aromatic carbocycles. The van der Waals surface area contributed by atoms with E-state index in [1.165, 1.54) is 30.5 Å². The summed E-state index contributed by atoms with van der Waals surface area (Å²) in [6.07, 6.45) is 6.58. The molecule has 2 aliphatic heterocycles. The fraction of sp³-hybridized carbons (Fsp3) is 0.667. The number of rotatable bonds is 2. The zero-order valence-corrected chi connectivity index (χ0v) is 11.1. The topological polar surface area (TPSA) is 34.1 Å². The Balaban J connectivity index is 1.60. The van der Waals surface area contributed by atoms with Crippen molar-refractivity contribution in [2.24, 2.45) is 5.92 Å². The summed E-state index contributed by atoms with van der Waals surface area (Å²) in [5, 5.41) is 3.41. The molecule has 18 heavy (non-hydrogen) atoms. The van der Waals surface area contributed by atoms with Crippen molar-refractivity contribution in [2.45, 2.75) is 38.2 Å². The highest BCUT2D eigenvalue weighted by atomic mass is 16.5. The Morgan fingerprint density at radius 1 is 1.39 bits per heavy atom. The SMILES string of the molecule is Cc1ccc(CC2COC3(CCNCC3)C2)nc1. The van der Waals surface area contributed by atoms with Crippen LogP contribution in [0.1, 0.15) is 30.5 Å². The van der Waals surface area contributed by atoms with E-state index in [4.69, 9.17) is 4.74 Å². The van der Waals surface area contributed by atoms with Gasteiger partial charge >= 0.3 is 0 Å². The molecule has 2 fully saturated rings. The number of aromatic nitrogens is 1. The van der Waals surface area contributed by atoms with Crippen LogP contribution in [0.15, 0.2) is 18.3 Å². The molecule has 0 radical (unpaired) electrons. The van der Waals surface area contributed by atoms with Gasteiger partial charge in [0.1, 0.15) is 0 Å². The molecule has 1 N–H and O–H groups in total. The maximum Gasteiger partial charge on any atom is 0.0710 e. The molecular weight excluding hydrogens is 224 g/mol. The second kappa shape index (κ2) is 4.98. The summed E-state index contributed by atoms with van der Waals surface area (Å²) in [7, 11) is 0. The molecule has 1 aromatic heterocycles. The van der Waals surface area contributed by atoms with Gasteiger partial charge in [-0.05, 0) is 63.2 Å². The molecule has 1 aromatic rings. The Morgan fingerprint density at radius 3 is 2.94 bits per heavy atom. The number of aryl methyl sites for hydroxylation is 1. The van der Waals surface area contributed by atoms with Gasteiger partial charge < -0.3 is 10.1 Å². The number of hydrogen-bond acceptors (Lipinski definition) is 3. The highest BCUT2D eigenvalue weighted by Crippen LogP contribution is 2.38. The molecular formula is C15H22N2O. The van der Waals surface area contributed by atoms with Crippen LogP contribution in [0.25, 0.3) is 0 Å². The second-order valence-electron chi connectivity index (χ2n) is 5.85. The third-order valence-corrected chi connectivity index (χ3v) is 4.27. The van der Waals surface area contributed by atoms with Crippen LogP contribution in [-0.2, 0) is 11.2 Å². The minimum atomic E-state index is 0.181. The Kier molecular flexibility index (Phi) is 3.35. The Labute approximate surface area is 109 Å². The van der Waals surface area contributed by atoms with Gasteiger partial charge in [-0.2, -0.15) is 0 Å². The summed E-state index contributed by atoms with van der Waals surface area (Å²) >= 11 is 0. The van der Waals surface area contributed by atoms with E-state index in [-0.39, 0.29) is 5.60 Å². The predicted molar refractivity (Wildman–Crippen MR) is 71.6 cm³/mol. The number of piperidine rings is 1. The van der Waals surface area contributed by atoms with Gasteiger partial charge in [0.2, 0.25) is 0 Å². The van der Waals surface area contributed by atoms with Crippen molar-refractivity contribution in [1.29, 1.82) is 0 Å². The van der Waals surface area contributed by atoms with Gasteiger partial charge in [-0.1, -0.05) is 6.07 Å². The van der Waals surface area contributed by atoms with Gasteiger partial charge in [0.05, 0.1) is 12.2 Å². The Bertz CT molecular complexity index is 395. The van der Waals surface area contributed by atoms with E-state index in [1.807, 2.05) is 6.20 Å². The standard InChI is InChI=1S/C15H22N2O/c1-12-2-3-14(17-10-12)8-13-9-15(18-11-13)4-6-16-7-5-15/h2-3,10,13,16H,4-9,11H2,1H3. The highest BCUT2D eigenvalue weighted by molar-refractivity contribution is 5.13. The van der Waals surface area contributed by atoms with Gasteiger partial charge in [-0.25, -0.2) is 0 Å². The quantitative estimate of drug-likeness (QED) is 0.867. The molecule has 3 heteroatoms. The van der Waals surface area contributed by atoms with Gasteiger partial charge in [-0.15, -0.1) is 0 Å². The predicted octanol–water partition coefficient (Wildman–Crippen LogP) is 2.09. The third-order valence-electron chi connectivity index (χ3n) is 4.27. The molecule has 1 spiro atoms. The molecule has 3 heterocycles. The van der Waals surface area contributed by atoms with Crippen LogP contribution in [0.4, 0.5) is 0 Å². The van der Waals surface area contributed by atoms with Crippen molar-refractivity contribution < 1.29 is 4.74 Å². The lowest BCUT2D eigenvalue weighted by Gasteiger charge is -2.33. The largest absolute Gasteiger partial charge is 0.375 e. The van der Waals surface area contributed by atoms with E-state index >= 15 is 0 Å². The maximum absolute atomic E-state index is 6.12. The van der Waals surface area contributed by atoms with E-state index < -0.39 is 0 Å². The number of ether oxygens (including phenoxy) is 1. The molecule has 0 bridgehead atoms. The monoisotopic (exact) mass is 246 g/mol. The van der Waals surface area contributed by atoms with Crippen molar-refractivity contribution in [2.75, 3.05) is 19.7 Å². The average Bonchev–Trinajstić information content (AvgIpc) is 2.76. The first-order valence-corrected chi connectivity index (χ1v) is 7.02. The van der Waals surface area contributed by atoms with E-state index in [2.05, 4.69) is 29.4 Å². The normalized spacial score (nSPS) is 26.6. The van der Waals surface area contributed by atoms with Gasteiger partial charge in [0.15, 0.2) is 0 Å². The molecule has 0 saturated carbocycles. The lowest BCUT2D eigenvalue weighted by atomic mass is 9.85. The minimum absolute atomic E-state index is 0.181. The zero-order chi connectivity index (χ0) is 12.4. The van der Waals surface area contributed by atoms with Gasteiger partial charge in [0, 0.05) is 11.9 Å². The first kappa shape index (κ1) is 12.1. The Hall–Kier alpha value is -0.930. The molecule has 3 rings (SSSR count). The number of pyridine rings is 1. The smallest absolute Gasteiger partial charge is 0.0710 e. The van der Waals surface area contributed by atoms with E-state index in [0.29, 0.717) is 5.92 Å². The summed E-state index contributed by atoms with van der Waals surface area (Å²) in [5.74, 6) is 0.651. The second-order valence-corrected chi connectivity index (χ2v) is 5.85. The molecule has 0 amide bonds. The van der Waals surface area contributed by atoms with Crippen molar-refractivity contribution in [1.82, 2.24) is 10.3 Å². The first-order valence-electron chi connectivity index (χ1n) is 7.02. The van der Waals surface area contributed by atoms with Crippen molar-refractivity contribution in [3.8, 4) is 0 Å². The van der Waals surface area contributed by atoms with E-state index in [9.17, 15) is 0 Å². The Morgan fingerprint density at radius 2 is 2.22 bits per heavy atom. The molecule has 2 saturated heterocycles. The number of nitrogens with zero attached hydrogens (tertiary/aromatic N) is 1. The molecule has 1 atom stereocenters. The first-order chi connectivity index (χ1) is 8.76. The molecule has 2 aliphatic rings. The maximum atomic E-state index is 6.12.